The van der Waals surface area contributed by atoms with Gasteiger partial charge in [-0.15, -0.1) is 11.3 Å². The molecule has 0 aliphatic carbocycles. The van der Waals surface area contributed by atoms with Crippen molar-refractivity contribution in [2.45, 2.75) is 42.4 Å². The van der Waals surface area contributed by atoms with Crippen LogP contribution in [0.4, 0.5) is 5.69 Å². The number of hydrogen-bond acceptors (Lipinski definition) is 6. The van der Waals surface area contributed by atoms with Crippen molar-refractivity contribution in [3.8, 4) is 11.5 Å². The second-order valence-corrected chi connectivity index (χ2v) is 10.3. The van der Waals surface area contributed by atoms with Crippen molar-refractivity contribution in [2.75, 3.05) is 18.5 Å². The van der Waals surface area contributed by atoms with Gasteiger partial charge in [0.25, 0.3) is 0 Å². The molecule has 0 unspecified atom stereocenters. The van der Waals surface area contributed by atoms with E-state index in [0.29, 0.717) is 30.4 Å². The molecule has 0 fully saturated rings. The van der Waals surface area contributed by atoms with Crippen LogP contribution in [0.5, 0.6) is 11.5 Å². The summed E-state index contributed by atoms with van der Waals surface area (Å²) in [6, 6.07) is 13.9. The zero-order chi connectivity index (χ0) is 22.7. The maximum absolute atomic E-state index is 13.2. The highest BCUT2D eigenvalue weighted by atomic mass is 32.2. The Labute approximate surface area is 192 Å². The number of benzene rings is 2. The van der Waals surface area contributed by atoms with E-state index in [1.54, 1.807) is 35.7 Å². The molecular weight excluding hydrogens is 446 g/mol. The number of carbonyl (C=O) groups excluding carboxylic acids is 1. The van der Waals surface area contributed by atoms with E-state index in [9.17, 15) is 13.2 Å². The summed E-state index contributed by atoms with van der Waals surface area (Å²) in [6.45, 7) is 5.01. The van der Waals surface area contributed by atoms with Crippen LogP contribution in [-0.4, -0.2) is 27.5 Å². The first-order valence-corrected chi connectivity index (χ1v) is 12.9. The van der Waals surface area contributed by atoms with Gasteiger partial charge in [0.2, 0.25) is 15.7 Å². The van der Waals surface area contributed by atoms with E-state index in [0.717, 1.165) is 16.9 Å². The van der Waals surface area contributed by atoms with Crippen LogP contribution >= 0.6 is 11.3 Å². The Balaban J connectivity index is 1.75. The Morgan fingerprint density at radius 2 is 1.84 bits per heavy atom. The third-order valence-electron chi connectivity index (χ3n) is 5.23. The molecule has 2 heterocycles. The van der Waals surface area contributed by atoms with E-state index in [-0.39, 0.29) is 28.0 Å². The van der Waals surface area contributed by atoms with Gasteiger partial charge in [0, 0.05) is 22.6 Å². The number of hydrogen-bond donors (Lipinski definition) is 1. The highest BCUT2D eigenvalue weighted by Gasteiger charge is 2.34. The summed E-state index contributed by atoms with van der Waals surface area (Å²) in [5, 5.41) is 4.42. The number of sulfone groups is 1. The summed E-state index contributed by atoms with van der Waals surface area (Å²) in [4.78, 5) is 13.7. The lowest BCUT2D eigenvalue weighted by Crippen LogP contribution is -2.23. The monoisotopic (exact) mass is 471 g/mol. The highest BCUT2D eigenvalue weighted by molar-refractivity contribution is 7.91. The van der Waals surface area contributed by atoms with Gasteiger partial charge >= 0.3 is 0 Å². The summed E-state index contributed by atoms with van der Waals surface area (Å²) < 4.78 is 38.0. The highest BCUT2D eigenvalue weighted by Crippen LogP contribution is 2.47. The molecule has 1 aliphatic rings. The first-order valence-electron chi connectivity index (χ1n) is 10.6. The largest absolute Gasteiger partial charge is 0.490 e. The second kappa shape index (κ2) is 9.34. The van der Waals surface area contributed by atoms with Crippen LogP contribution in [0, 0.1) is 0 Å². The lowest BCUT2D eigenvalue weighted by atomic mass is 9.90. The topological polar surface area (TPSA) is 81.7 Å². The summed E-state index contributed by atoms with van der Waals surface area (Å²) in [6.07, 6.45) is 1.12. The molecule has 1 N–H and O–H groups in total. The molecule has 4 rings (SSSR count). The van der Waals surface area contributed by atoms with Crippen LogP contribution < -0.4 is 14.8 Å². The normalized spacial score (nSPS) is 15.7. The predicted molar refractivity (Wildman–Crippen MR) is 125 cm³/mol. The summed E-state index contributed by atoms with van der Waals surface area (Å²) in [7, 11) is -3.75. The van der Waals surface area contributed by atoms with Gasteiger partial charge in [0.1, 0.15) is 4.90 Å². The van der Waals surface area contributed by atoms with Gasteiger partial charge in [-0.25, -0.2) is 8.42 Å². The van der Waals surface area contributed by atoms with E-state index in [1.165, 1.54) is 11.3 Å². The molecule has 0 saturated carbocycles. The number of amides is 1. The second-order valence-electron chi connectivity index (χ2n) is 7.45. The third-order valence-corrected chi connectivity index (χ3v) is 8.27. The van der Waals surface area contributed by atoms with Crippen molar-refractivity contribution in [1.29, 1.82) is 0 Å². The fourth-order valence-corrected chi connectivity index (χ4v) is 6.67. The molecule has 3 aromatic rings. The zero-order valence-electron chi connectivity index (χ0n) is 18.0. The fourth-order valence-electron chi connectivity index (χ4n) is 3.74. The summed E-state index contributed by atoms with van der Waals surface area (Å²) in [5.74, 6) is 0.814. The molecular formula is C24H25NO5S2. The minimum absolute atomic E-state index is 0.134. The summed E-state index contributed by atoms with van der Waals surface area (Å²) in [5.41, 5.74) is 1.27. The maximum Gasteiger partial charge on any atom is 0.225 e. The number of anilines is 1. The number of nitrogens with one attached hydrogen (secondary N) is 1. The standard InChI is InChI=1S/C24H25NO5S2/c1-3-12-30-19-11-10-16(13-20(19)29-4-2)18-14-22(26)25-23-21(15-31-24(18)23)32(27,28)17-8-6-5-7-9-17/h5-11,13,15,18H,3-4,12,14H2,1-2H3,(H,25,26)/t18-/m0/s1. The van der Waals surface area contributed by atoms with Crippen LogP contribution in [0.1, 0.15) is 43.0 Å². The van der Waals surface area contributed by atoms with Gasteiger partial charge in [-0.1, -0.05) is 31.2 Å². The van der Waals surface area contributed by atoms with Gasteiger partial charge in [0.05, 0.1) is 23.8 Å². The van der Waals surface area contributed by atoms with E-state index in [1.807, 2.05) is 32.0 Å². The van der Waals surface area contributed by atoms with Crippen molar-refractivity contribution in [3.63, 3.8) is 0 Å². The van der Waals surface area contributed by atoms with Gasteiger partial charge in [-0.05, 0) is 43.2 Å². The Bertz CT molecular complexity index is 1220. The van der Waals surface area contributed by atoms with Gasteiger partial charge in [-0.2, -0.15) is 0 Å². The fraction of sp³-hybridized carbons (Fsp3) is 0.292. The molecule has 2 aromatic carbocycles. The van der Waals surface area contributed by atoms with E-state index >= 15 is 0 Å². The minimum Gasteiger partial charge on any atom is -0.490 e. The molecule has 1 atom stereocenters. The van der Waals surface area contributed by atoms with Crippen LogP contribution in [0.15, 0.2) is 63.7 Å². The molecule has 0 bridgehead atoms. The van der Waals surface area contributed by atoms with Gasteiger partial charge < -0.3 is 14.8 Å². The van der Waals surface area contributed by atoms with E-state index in [2.05, 4.69) is 5.32 Å². The Morgan fingerprint density at radius 3 is 2.56 bits per heavy atom. The number of thiophene rings is 1. The van der Waals surface area contributed by atoms with Crippen molar-refractivity contribution in [3.05, 3.63) is 64.4 Å². The smallest absolute Gasteiger partial charge is 0.225 e. The van der Waals surface area contributed by atoms with Gasteiger partial charge in [-0.3, -0.25) is 4.79 Å². The lowest BCUT2D eigenvalue weighted by molar-refractivity contribution is -0.116. The molecule has 168 valence electrons. The summed E-state index contributed by atoms with van der Waals surface area (Å²) >= 11 is 1.35. The van der Waals surface area contributed by atoms with Crippen LogP contribution in [0.3, 0.4) is 0 Å². The molecule has 0 radical (unpaired) electrons. The van der Waals surface area contributed by atoms with E-state index < -0.39 is 9.84 Å². The Kier molecular flexibility index (Phi) is 6.53. The first kappa shape index (κ1) is 22.4. The maximum atomic E-state index is 13.2. The lowest BCUT2D eigenvalue weighted by Gasteiger charge is -2.24. The molecule has 1 aliphatic heterocycles. The van der Waals surface area contributed by atoms with E-state index in [4.69, 9.17) is 9.47 Å². The molecule has 8 heteroatoms. The average Bonchev–Trinajstić information content (AvgIpc) is 3.23. The number of rotatable bonds is 8. The number of fused-ring (bicyclic) bond motifs is 1. The molecule has 1 amide bonds. The van der Waals surface area contributed by atoms with Crippen molar-refractivity contribution in [1.82, 2.24) is 0 Å². The number of carbonyl (C=O) groups is 1. The minimum atomic E-state index is -3.75. The predicted octanol–water partition coefficient (Wildman–Crippen LogP) is 5.24. The molecule has 0 spiro atoms. The quantitative estimate of drug-likeness (QED) is 0.486. The SMILES string of the molecule is CCCOc1ccc([C@@H]2CC(=O)Nc3c(S(=O)(=O)c4ccccc4)csc32)cc1OCC. The molecule has 0 saturated heterocycles. The first-order chi connectivity index (χ1) is 15.5. The Morgan fingerprint density at radius 1 is 1.06 bits per heavy atom. The third kappa shape index (κ3) is 4.25. The van der Waals surface area contributed by atoms with Gasteiger partial charge in [0.15, 0.2) is 11.5 Å². The van der Waals surface area contributed by atoms with Crippen molar-refractivity contribution < 1.29 is 22.7 Å². The Hall–Kier alpha value is -2.84. The van der Waals surface area contributed by atoms with Crippen molar-refractivity contribution in [2.24, 2.45) is 0 Å². The molecule has 6 nitrogen and oxygen atoms in total. The molecule has 1 aromatic heterocycles. The molecule has 32 heavy (non-hydrogen) atoms. The average molecular weight is 472 g/mol. The van der Waals surface area contributed by atoms with Crippen LogP contribution in [0.2, 0.25) is 0 Å². The van der Waals surface area contributed by atoms with Crippen LogP contribution in [-0.2, 0) is 14.6 Å². The number of ether oxygens (including phenoxy) is 2. The van der Waals surface area contributed by atoms with Crippen LogP contribution in [0.25, 0.3) is 0 Å². The van der Waals surface area contributed by atoms with Crippen molar-refractivity contribution >= 4 is 32.8 Å². The zero-order valence-corrected chi connectivity index (χ0v) is 19.6.